The molecule has 0 atom stereocenters. The van der Waals surface area contributed by atoms with Crippen LogP contribution in [0.5, 0.6) is 0 Å². The van der Waals surface area contributed by atoms with Gasteiger partial charge in [0.05, 0.1) is 0 Å². The fourth-order valence-corrected chi connectivity index (χ4v) is 3.18. The molecule has 1 heterocycles. The van der Waals surface area contributed by atoms with Crippen molar-refractivity contribution in [3.05, 3.63) is 59.7 Å². The number of aryl methyl sites for hydroxylation is 1. The maximum Gasteiger partial charge on any atom is 0.233 e. The van der Waals surface area contributed by atoms with Crippen LogP contribution in [-0.4, -0.2) is 42.9 Å². The number of carbonyl (C=O) groups is 2. The Morgan fingerprint density at radius 1 is 0.923 bits per heavy atom. The number of para-hydroxylation sites is 1. The number of piperazine rings is 1. The molecule has 1 N–H and O–H groups in total. The van der Waals surface area contributed by atoms with E-state index in [9.17, 15) is 9.59 Å². The summed E-state index contributed by atoms with van der Waals surface area (Å²) in [6.45, 7) is 6.83. The summed E-state index contributed by atoms with van der Waals surface area (Å²) in [5.41, 5.74) is 4.10. The van der Waals surface area contributed by atoms with Gasteiger partial charge in [0.2, 0.25) is 11.8 Å². The third-order valence-electron chi connectivity index (χ3n) is 4.94. The summed E-state index contributed by atoms with van der Waals surface area (Å²) >= 11 is 0. The maximum atomic E-state index is 12.4. The molecule has 136 valence electrons. The van der Waals surface area contributed by atoms with Gasteiger partial charge in [-0.2, -0.15) is 0 Å². The van der Waals surface area contributed by atoms with Crippen molar-refractivity contribution in [2.24, 2.45) is 0 Å². The van der Waals surface area contributed by atoms with Crippen LogP contribution in [-0.2, 0) is 9.59 Å². The topological polar surface area (TPSA) is 52.7 Å². The zero-order valence-electron chi connectivity index (χ0n) is 15.4. The van der Waals surface area contributed by atoms with Gasteiger partial charge in [0.15, 0.2) is 0 Å². The molecule has 0 unspecified atom stereocenters. The highest BCUT2D eigenvalue weighted by Crippen LogP contribution is 2.19. The molecule has 1 aliphatic heterocycles. The highest BCUT2D eigenvalue weighted by Gasteiger charge is 2.23. The zero-order chi connectivity index (χ0) is 18.5. The first-order valence-corrected chi connectivity index (χ1v) is 8.98. The molecular weight excluding hydrogens is 326 g/mol. The number of amides is 2. The highest BCUT2D eigenvalue weighted by molar-refractivity contribution is 6.04. The van der Waals surface area contributed by atoms with Crippen molar-refractivity contribution in [1.29, 1.82) is 0 Å². The molecule has 5 nitrogen and oxygen atoms in total. The SMILES string of the molecule is Cc1cccc(NC(=O)CC(=O)N2CCN(c3ccccc3)CC2)c1C. The molecule has 5 heteroatoms. The van der Waals surface area contributed by atoms with Crippen LogP contribution in [0.25, 0.3) is 0 Å². The van der Waals surface area contributed by atoms with Crippen molar-refractivity contribution in [1.82, 2.24) is 4.90 Å². The standard InChI is InChI=1S/C21H25N3O2/c1-16-7-6-10-19(17(16)2)22-20(25)15-21(26)24-13-11-23(12-14-24)18-8-4-3-5-9-18/h3-10H,11-15H2,1-2H3,(H,22,25). The Hall–Kier alpha value is -2.82. The van der Waals surface area contributed by atoms with E-state index in [2.05, 4.69) is 22.3 Å². The lowest BCUT2D eigenvalue weighted by molar-refractivity contribution is -0.134. The molecule has 2 aromatic rings. The van der Waals surface area contributed by atoms with E-state index in [-0.39, 0.29) is 18.2 Å². The lowest BCUT2D eigenvalue weighted by atomic mass is 10.1. The third-order valence-corrected chi connectivity index (χ3v) is 4.94. The van der Waals surface area contributed by atoms with Gasteiger partial charge in [-0.05, 0) is 43.2 Å². The Kier molecular flexibility index (Phi) is 5.56. The van der Waals surface area contributed by atoms with Gasteiger partial charge in [-0.25, -0.2) is 0 Å². The lowest BCUT2D eigenvalue weighted by Gasteiger charge is -2.36. The summed E-state index contributed by atoms with van der Waals surface area (Å²) < 4.78 is 0. The summed E-state index contributed by atoms with van der Waals surface area (Å²) in [6, 6.07) is 16.0. The Morgan fingerprint density at radius 2 is 1.62 bits per heavy atom. The smallest absolute Gasteiger partial charge is 0.233 e. The maximum absolute atomic E-state index is 12.4. The molecular formula is C21H25N3O2. The minimum absolute atomic E-state index is 0.111. The quantitative estimate of drug-likeness (QED) is 0.862. The van der Waals surface area contributed by atoms with Gasteiger partial charge in [-0.15, -0.1) is 0 Å². The van der Waals surface area contributed by atoms with Crippen LogP contribution in [0.1, 0.15) is 17.5 Å². The minimum Gasteiger partial charge on any atom is -0.368 e. The first-order valence-electron chi connectivity index (χ1n) is 8.98. The Bertz CT molecular complexity index is 781. The normalized spacial score (nSPS) is 14.2. The molecule has 1 aliphatic rings. The van der Waals surface area contributed by atoms with Crippen LogP contribution < -0.4 is 10.2 Å². The number of benzene rings is 2. The molecule has 0 saturated carbocycles. The van der Waals surface area contributed by atoms with Crippen LogP contribution in [0.4, 0.5) is 11.4 Å². The van der Waals surface area contributed by atoms with Crippen molar-refractivity contribution < 1.29 is 9.59 Å². The van der Waals surface area contributed by atoms with Crippen molar-refractivity contribution in [2.75, 3.05) is 36.4 Å². The van der Waals surface area contributed by atoms with Crippen molar-refractivity contribution in [2.45, 2.75) is 20.3 Å². The van der Waals surface area contributed by atoms with E-state index in [1.165, 1.54) is 5.69 Å². The van der Waals surface area contributed by atoms with Crippen LogP contribution in [0.2, 0.25) is 0 Å². The average molecular weight is 351 g/mol. The van der Waals surface area contributed by atoms with Crippen molar-refractivity contribution >= 4 is 23.2 Å². The monoisotopic (exact) mass is 351 g/mol. The Balaban J connectivity index is 1.51. The third kappa shape index (κ3) is 4.23. The molecule has 1 fully saturated rings. The number of nitrogens with one attached hydrogen (secondary N) is 1. The minimum atomic E-state index is -0.255. The van der Waals surface area contributed by atoms with E-state index in [0.717, 1.165) is 29.9 Å². The van der Waals surface area contributed by atoms with Gasteiger partial charge in [0, 0.05) is 37.6 Å². The van der Waals surface area contributed by atoms with Gasteiger partial charge >= 0.3 is 0 Å². The summed E-state index contributed by atoms with van der Waals surface area (Å²) in [7, 11) is 0. The molecule has 0 aliphatic carbocycles. The predicted molar refractivity (Wildman–Crippen MR) is 104 cm³/mol. The molecule has 0 spiro atoms. The van der Waals surface area contributed by atoms with Crippen molar-refractivity contribution in [3.63, 3.8) is 0 Å². The summed E-state index contributed by atoms with van der Waals surface area (Å²) in [6.07, 6.45) is -0.112. The number of anilines is 2. The molecule has 3 rings (SSSR count). The number of carbonyl (C=O) groups excluding carboxylic acids is 2. The summed E-state index contributed by atoms with van der Waals surface area (Å²) in [4.78, 5) is 28.7. The van der Waals surface area contributed by atoms with E-state index in [1.807, 2.05) is 50.2 Å². The Morgan fingerprint density at radius 3 is 2.31 bits per heavy atom. The molecule has 0 bridgehead atoms. The molecule has 1 saturated heterocycles. The molecule has 0 radical (unpaired) electrons. The number of rotatable bonds is 4. The molecule has 0 aromatic heterocycles. The fraction of sp³-hybridized carbons (Fsp3) is 0.333. The second-order valence-corrected chi connectivity index (χ2v) is 6.68. The second kappa shape index (κ2) is 8.04. The number of nitrogens with zero attached hydrogens (tertiary/aromatic N) is 2. The number of hydrogen-bond acceptors (Lipinski definition) is 3. The van der Waals surface area contributed by atoms with Crippen LogP contribution in [0.3, 0.4) is 0 Å². The van der Waals surface area contributed by atoms with Gasteiger partial charge < -0.3 is 15.1 Å². The fourth-order valence-electron chi connectivity index (χ4n) is 3.18. The zero-order valence-corrected chi connectivity index (χ0v) is 15.4. The highest BCUT2D eigenvalue weighted by atomic mass is 16.2. The van der Waals surface area contributed by atoms with Crippen LogP contribution in [0, 0.1) is 13.8 Å². The van der Waals surface area contributed by atoms with Gasteiger partial charge in [0.25, 0.3) is 0 Å². The van der Waals surface area contributed by atoms with Crippen molar-refractivity contribution in [3.8, 4) is 0 Å². The predicted octanol–water partition coefficient (Wildman–Crippen LogP) is 2.98. The first kappa shape index (κ1) is 18.0. The van der Waals surface area contributed by atoms with E-state index < -0.39 is 0 Å². The second-order valence-electron chi connectivity index (χ2n) is 6.68. The molecule has 2 aromatic carbocycles. The lowest BCUT2D eigenvalue weighted by Crippen LogP contribution is -2.49. The van der Waals surface area contributed by atoms with Gasteiger partial charge in [-0.1, -0.05) is 30.3 Å². The van der Waals surface area contributed by atoms with Gasteiger partial charge in [0.1, 0.15) is 6.42 Å². The average Bonchev–Trinajstić information content (AvgIpc) is 2.66. The summed E-state index contributed by atoms with van der Waals surface area (Å²) in [5.74, 6) is -0.366. The van der Waals surface area contributed by atoms with Crippen LogP contribution in [0.15, 0.2) is 48.5 Å². The van der Waals surface area contributed by atoms with E-state index in [4.69, 9.17) is 0 Å². The number of hydrogen-bond donors (Lipinski definition) is 1. The van der Waals surface area contributed by atoms with E-state index in [1.54, 1.807) is 4.90 Å². The van der Waals surface area contributed by atoms with Gasteiger partial charge in [-0.3, -0.25) is 9.59 Å². The summed E-state index contributed by atoms with van der Waals surface area (Å²) in [5, 5.41) is 2.86. The largest absolute Gasteiger partial charge is 0.368 e. The first-order chi connectivity index (χ1) is 12.5. The van der Waals surface area contributed by atoms with Crippen LogP contribution >= 0.6 is 0 Å². The Labute approximate surface area is 154 Å². The molecule has 26 heavy (non-hydrogen) atoms. The van der Waals surface area contributed by atoms with E-state index in [0.29, 0.717) is 13.1 Å². The molecule has 2 amide bonds. The van der Waals surface area contributed by atoms with E-state index >= 15 is 0 Å².